The predicted octanol–water partition coefficient (Wildman–Crippen LogP) is 1.94. The van der Waals surface area contributed by atoms with E-state index < -0.39 is 0 Å². The number of thioether (sulfide) groups is 1. The molecule has 3 heterocycles. The molecule has 3 N–H and O–H groups in total. The number of hydrogen-bond donors (Lipinski definition) is 3. The van der Waals surface area contributed by atoms with Gasteiger partial charge in [0, 0.05) is 23.7 Å². The average molecular weight is 364 g/mol. The van der Waals surface area contributed by atoms with Crippen LogP contribution in [0.4, 0.5) is 0 Å². The van der Waals surface area contributed by atoms with Gasteiger partial charge >= 0.3 is 0 Å². The van der Waals surface area contributed by atoms with E-state index in [-0.39, 0.29) is 5.91 Å². The van der Waals surface area contributed by atoms with E-state index in [1.807, 2.05) is 12.1 Å². The molecule has 0 aliphatic carbocycles. The smallest absolute Gasteiger partial charge is 0.268 e. The summed E-state index contributed by atoms with van der Waals surface area (Å²) in [6.45, 7) is 2.67. The molecular weight excluding hydrogens is 344 g/mol. The first kappa shape index (κ1) is 17.1. The highest BCUT2D eigenvalue weighted by Crippen LogP contribution is 2.15. The largest absolute Gasteiger partial charge is 0.464 e. The van der Waals surface area contributed by atoms with E-state index in [1.54, 1.807) is 23.1 Å². The van der Waals surface area contributed by atoms with Crippen LogP contribution in [0.15, 0.2) is 39.1 Å². The summed E-state index contributed by atoms with van der Waals surface area (Å²) in [5, 5.41) is 11.5. The van der Waals surface area contributed by atoms with E-state index in [9.17, 15) is 4.79 Å². The van der Waals surface area contributed by atoms with Gasteiger partial charge in [-0.3, -0.25) is 4.79 Å². The standard InChI is InChI=1S/C16H20N4O2S2/c21-15-10-19-16(20-15)18-5-7-23-11-13-4-3-12(22-13)8-17-9-14-2-1-6-24-14/h1-4,6,17H,5,7-11H2,(H2,18,19,20,21). The quantitative estimate of drug-likeness (QED) is 0.590. The third-order valence-corrected chi connectivity index (χ3v) is 5.18. The second-order valence-electron chi connectivity index (χ2n) is 5.24. The van der Waals surface area contributed by atoms with Crippen LogP contribution in [-0.4, -0.2) is 30.7 Å². The molecule has 24 heavy (non-hydrogen) atoms. The van der Waals surface area contributed by atoms with Crippen molar-refractivity contribution in [3.05, 3.63) is 46.0 Å². The number of carbonyl (C=O) groups excluding carboxylic acids is 1. The fraction of sp³-hybridized carbons (Fsp3) is 0.375. The molecule has 0 saturated heterocycles. The second-order valence-corrected chi connectivity index (χ2v) is 7.38. The first-order valence-electron chi connectivity index (χ1n) is 7.77. The van der Waals surface area contributed by atoms with E-state index in [4.69, 9.17) is 4.42 Å². The lowest BCUT2D eigenvalue weighted by Gasteiger charge is -2.05. The number of furan rings is 1. The molecule has 0 fully saturated rings. The summed E-state index contributed by atoms with van der Waals surface area (Å²) in [6.07, 6.45) is 0. The van der Waals surface area contributed by atoms with Crippen molar-refractivity contribution in [2.24, 2.45) is 4.99 Å². The van der Waals surface area contributed by atoms with Gasteiger partial charge in [-0.15, -0.1) is 11.3 Å². The fourth-order valence-electron chi connectivity index (χ4n) is 2.20. The molecule has 0 radical (unpaired) electrons. The van der Waals surface area contributed by atoms with Gasteiger partial charge in [0.05, 0.1) is 18.8 Å². The molecular formula is C16H20N4O2S2. The van der Waals surface area contributed by atoms with Gasteiger partial charge in [0.2, 0.25) is 0 Å². The van der Waals surface area contributed by atoms with Crippen LogP contribution in [0.25, 0.3) is 0 Å². The Bertz CT molecular complexity index is 682. The summed E-state index contributed by atoms with van der Waals surface area (Å²) in [5.41, 5.74) is 0. The van der Waals surface area contributed by atoms with Crippen LogP contribution in [0.1, 0.15) is 16.4 Å². The van der Waals surface area contributed by atoms with Crippen LogP contribution < -0.4 is 16.0 Å². The Morgan fingerprint density at radius 3 is 3.00 bits per heavy atom. The number of rotatable bonds is 9. The van der Waals surface area contributed by atoms with Crippen molar-refractivity contribution in [1.29, 1.82) is 0 Å². The molecule has 0 unspecified atom stereocenters. The van der Waals surface area contributed by atoms with Crippen LogP contribution in [0, 0.1) is 0 Å². The molecule has 2 aromatic heterocycles. The normalized spacial score (nSPS) is 13.8. The van der Waals surface area contributed by atoms with E-state index in [0.717, 1.165) is 42.7 Å². The number of aliphatic imine (C=N–C) groups is 1. The van der Waals surface area contributed by atoms with Crippen molar-refractivity contribution in [3.8, 4) is 0 Å². The first-order valence-corrected chi connectivity index (χ1v) is 9.81. The fourth-order valence-corrected chi connectivity index (χ4v) is 3.62. The molecule has 8 heteroatoms. The lowest BCUT2D eigenvalue weighted by atomic mass is 10.4. The summed E-state index contributed by atoms with van der Waals surface area (Å²) in [5.74, 6) is 4.16. The molecule has 0 aromatic carbocycles. The number of amides is 1. The third kappa shape index (κ3) is 5.40. The Morgan fingerprint density at radius 2 is 2.21 bits per heavy atom. The van der Waals surface area contributed by atoms with Gasteiger partial charge in [0.15, 0.2) is 5.96 Å². The highest BCUT2D eigenvalue weighted by atomic mass is 32.2. The highest BCUT2D eigenvalue weighted by Gasteiger charge is 2.11. The summed E-state index contributed by atoms with van der Waals surface area (Å²) in [6, 6.07) is 8.24. The van der Waals surface area contributed by atoms with Crippen LogP contribution in [0.3, 0.4) is 0 Å². The van der Waals surface area contributed by atoms with Gasteiger partial charge in [-0.25, -0.2) is 0 Å². The molecule has 0 saturated carbocycles. The van der Waals surface area contributed by atoms with Crippen LogP contribution in [-0.2, 0) is 23.6 Å². The topological polar surface area (TPSA) is 78.7 Å². The first-order chi connectivity index (χ1) is 11.8. The maximum atomic E-state index is 11.0. The maximum absolute atomic E-state index is 11.0. The summed E-state index contributed by atoms with van der Waals surface area (Å²) < 4.78 is 5.82. The summed E-state index contributed by atoms with van der Waals surface area (Å²) in [7, 11) is 0. The Labute approximate surface area is 149 Å². The lowest BCUT2D eigenvalue weighted by Crippen LogP contribution is -2.35. The van der Waals surface area contributed by atoms with Crippen molar-refractivity contribution >= 4 is 35.0 Å². The molecule has 0 atom stereocenters. The minimum Gasteiger partial charge on any atom is -0.464 e. The number of guanidine groups is 1. The van der Waals surface area contributed by atoms with Gasteiger partial charge in [-0.2, -0.15) is 16.8 Å². The Kier molecular flexibility index (Phi) is 6.33. The van der Waals surface area contributed by atoms with Crippen LogP contribution in [0.2, 0.25) is 0 Å². The zero-order valence-corrected chi connectivity index (χ0v) is 14.8. The van der Waals surface area contributed by atoms with Gasteiger partial charge in [0.25, 0.3) is 5.91 Å². The molecule has 1 aliphatic heterocycles. The molecule has 1 amide bonds. The lowest BCUT2D eigenvalue weighted by molar-refractivity contribution is -0.116. The SMILES string of the molecule is O=C1CNC(NCCSCc2ccc(CNCc3cccs3)o2)=N1. The highest BCUT2D eigenvalue weighted by molar-refractivity contribution is 7.98. The van der Waals surface area contributed by atoms with Crippen LogP contribution >= 0.6 is 23.1 Å². The predicted molar refractivity (Wildman–Crippen MR) is 98.2 cm³/mol. The minimum atomic E-state index is -0.124. The Morgan fingerprint density at radius 1 is 1.29 bits per heavy atom. The van der Waals surface area contributed by atoms with Crippen molar-refractivity contribution in [2.75, 3.05) is 18.8 Å². The van der Waals surface area contributed by atoms with E-state index in [1.165, 1.54) is 4.88 Å². The molecule has 6 nitrogen and oxygen atoms in total. The number of carbonyl (C=O) groups is 1. The van der Waals surface area contributed by atoms with Crippen molar-refractivity contribution in [2.45, 2.75) is 18.8 Å². The Hall–Kier alpha value is -1.77. The molecule has 0 bridgehead atoms. The average Bonchev–Trinajstić information content (AvgIpc) is 3.30. The monoisotopic (exact) mass is 364 g/mol. The van der Waals surface area contributed by atoms with Crippen molar-refractivity contribution in [3.63, 3.8) is 0 Å². The summed E-state index contributed by atoms with van der Waals surface area (Å²) in [4.78, 5) is 16.1. The minimum absolute atomic E-state index is 0.124. The van der Waals surface area contributed by atoms with E-state index >= 15 is 0 Å². The van der Waals surface area contributed by atoms with Crippen LogP contribution in [0.5, 0.6) is 0 Å². The van der Waals surface area contributed by atoms with E-state index in [0.29, 0.717) is 12.5 Å². The van der Waals surface area contributed by atoms with Crippen molar-refractivity contribution < 1.29 is 9.21 Å². The Balaban J connectivity index is 1.28. The number of thiophene rings is 1. The maximum Gasteiger partial charge on any atom is 0.268 e. The molecule has 2 aromatic rings. The summed E-state index contributed by atoms with van der Waals surface area (Å²) >= 11 is 3.54. The number of hydrogen-bond acceptors (Lipinski definition) is 7. The van der Waals surface area contributed by atoms with E-state index in [2.05, 4.69) is 38.5 Å². The number of nitrogens with zero attached hydrogens (tertiary/aromatic N) is 1. The number of nitrogens with one attached hydrogen (secondary N) is 3. The molecule has 128 valence electrons. The molecule has 0 spiro atoms. The molecule has 3 rings (SSSR count). The van der Waals surface area contributed by atoms with Gasteiger partial charge in [0.1, 0.15) is 11.5 Å². The third-order valence-electron chi connectivity index (χ3n) is 3.32. The van der Waals surface area contributed by atoms with Gasteiger partial charge in [-0.05, 0) is 23.6 Å². The second kappa shape index (κ2) is 8.91. The zero-order valence-electron chi connectivity index (χ0n) is 13.2. The van der Waals surface area contributed by atoms with Crippen molar-refractivity contribution in [1.82, 2.24) is 16.0 Å². The zero-order chi connectivity index (χ0) is 16.6. The molecule has 1 aliphatic rings. The van der Waals surface area contributed by atoms with Gasteiger partial charge < -0.3 is 20.4 Å². The van der Waals surface area contributed by atoms with Gasteiger partial charge in [-0.1, -0.05) is 6.07 Å².